The number of halogens is 2. The second-order valence-electron chi connectivity index (χ2n) is 9.62. The molecule has 11 nitrogen and oxygen atoms in total. The van der Waals surface area contributed by atoms with Crippen molar-refractivity contribution in [1.82, 2.24) is 10.2 Å². The molecule has 4 rings (SSSR count). The number of nitrogens with one attached hydrogen (secondary N) is 1. The zero-order chi connectivity index (χ0) is 31.5. The standard InChI is InChI=1S/C26H25Cl2N3O8S4/c1-43(38,39)9-6-18(25(34)35)30-7-4-16(5-8-30)40-11-14-12-42-24-21(23(33)31(24)22(14)26(36)37)29-20(32)13-41-19-10-15(27)2-3-17(19)28/h2-5,7-8,10,18,21,24H,6,9,11-13H2,1H3,(H2-,29,32,34,35,36,37)/p+1/t18-,21-,24+/m0/s1. The lowest BCUT2D eigenvalue weighted by atomic mass is 10.0. The third-order valence-electron chi connectivity index (χ3n) is 6.46. The Kier molecular flexibility index (Phi) is 11.0. The lowest BCUT2D eigenvalue weighted by molar-refractivity contribution is -0.711. The molecule has 3 atom stereocenters. The molecular formula is C26H26Cl2N3O8S4+. The molecule has 2 aliphatic rings. The molecule has 1 fully saturated rings. The Morgan fingerprint density at radius 3 is 2.49 bits per heavy atom. The topological polar surface area (TPSA) is 162 Å². The highest BCUT2D eigenvalue weighted by atomic mass is 35.5. The number of carboxylic acids is 2. The third-order valence-corrected chi connectivity index (χ3v) is 11.6. The number of amides is 2. The number of carboxylic acid groups (broad SMARTS) is 2. The number of aliphatic carboxylic acids is 2. The minimum atomic E-state index is -3.33. The van der Waals surface area contributed by atoms with Gasteiger partial charge in [0, 0.05) is 51.1 Å². The van der Waals surface area contributed by atoms with E-state index in [-0.39, 0.29) is 29.4 Å². The number of aromatic nitrogens is 1. The summed E-state index contributed by atoms with van der Waals surface area (Å²) in [7, 11) is -3.33. The molecule has 2 amide bonds. The van der Waals surface area contributed by atoms with E-state index in [1.807, 2.05) is 0 Å². The molecule has 1 aromatic heterocycles. The van der Waals surface area contributed by atoms with Crippen molar-refractivity contribution in [3.63, 3.8) is 0 Å². The van der Waals surface area contributed by atoms with Crippen molar-refractivity contribution in [2.24, 2.45) is 0 Å². The van der Waals surface area contributed by atoms with Gasteiger partial charge < -0.3 is 15.5 Å². The van der Waals surface area contributed by atoms with E-state index in [1.54, 1.807) is 30.3 Å². The second-order valence-corrected chi connectivity index (χ2v) is 15.9. The van der Waals surface area contributed by atoms with Crippen LogP contribution in [0.5, 0.6) is 0 Å². The summed E-state index contributed by atoms with van der Waals surface area (Å²) in [5.74, 6) is -2.98. The normalized spacial score (nSPS) is 19.0. The summed E-state index contributed by atoms with van der Waals surface area (Å²) >= 11 is 16.0. The number of sulfone groups is 1. The molecule has 0 unspecified atom stereocenters. The lowest BCUT2D eigenvalue weighted by Gasteiger charge is -2.49. The van der Waals surface area contributed by atoms with Gasteiger partial charge >= 0.3 is 11.9 Å². The Bertz CT molecular complexity index is 1590. The predicted molar refractivity (Wildman–Crippen MR) is 165 cm³/mol. The van der Waals surface area contributed by atoms with Gasteiger partial charge in [0.1, 0.15) is 27.0 Å². The summed E-state index contributed by atoms with van der Waals surface area (Å²) < 4.78 is 24.4. The third kappa shape index (κ3) is 8.39. The molecule has 0 saturated carbocycles. The molecule has 17 heteroatoms. The molecule has 2 aromatic rings. The van der Waals surface area contributed by atoms with Gasteiger partial charge in [0.25, 0.3) is 11.9 Å². The highest BCUT2D eigenvalue weighted by Gasteiger charge is 2.54. The van der Waals surface area contributed by atoms with Gasteiger partial charge in [-0.2, -0.15) is 4.57 Å². The van der Waals surface area contributed by atoms with Crippen molar-refractivity contribution in [3.05, 3.63) is 64.0 Å². The molecule has 1 saturated heterocycles. The van der Waals surface area contributed by atoms with Crippen LogP contribution in [0.25, 0.3) is 0 Å². The van der Waals surface area contributed by atoms with Gasteiger partial charge in [0.15, 0.2) is 12.4 Å². The van der Waals surface area contributed by atoms with Crippen LogP contribution in [0.15, 0.2) is 63.8 Å². The van der Waals surface area contributed by atoms with Crippen LogP contribution in [-0.4, -0.2) is 88.0 Å². The van der Waals surface area contributed by atoms with Crippen LogP contribution in [-0.2, 0) is 29.0 Å². The van der Waals surface area contributed by atoms with Crippen molar-refractivity contribution in [3.8, 4) is 0 Å². The number of rotatable bonds is 13. The van der Waals surface area contributed by atoms with E-state index < -0.39 is 51.0 Å². The second kappa shape index (κ2) is 14.1. The van der Waals surface area contributed by atoms with Crippen molar-refractivity contribution >= 4 is 92.1 Å². The van der Waals surface area contributed by atoms with Gasteiger partial charge in [-0.3, -0.25) is 14.5 Å². The van der Waals surface area contributed by atoms with Gasteiger partial charge in [-0.25, -0.2) is 18.0 Å². The number of hydrogen-bond acceptors (Lipinski definition) is 9. The van der Waals surface area contributed by atoms with Gasteiger partial charge in [0.05, 0.1) is 16.5 Å². The van der Waals surface area contributed by atoms with E-state index >= 15 is 0 Å². The highest BCUT2D eigenvalue weighted by Crippen LogP contribution is 2.41. The maximum absolute atomic E-state index is 13.0. The molecule has 43 heavy (non-hydrogen) atoms. The Balaban J connectivity index is 1.37. The smallest absolute Gasteiger partial charge is 0.373 e. The molecule has 3 heterocycles. The summed E-state index contributed by atoms with van der Waals surface area (Å²) in [5.41, 5.74) is 0.431. The number of nitrogens with zero attached hydrogens (tertiary/aromatic N) is 2. The van der Waals surface area contributed by atoms with Gasteiger partial charge in [-0.05, 0) is 23.8 Å². The molecule has 0 bridgehead atoms. The first-order valence-electron chi connectivity index (χ1n) is 12.6. The van der Waals surface area contributed by atoms with Crippen LogP contribution in [0.4, 0.5) is 0 Å². The number of thioether (sulfide) groups is 3. The van der Waals surface area contributed by atoms with E-state index in [0.717, 1.165) is 11.2 Å². The average Bonchev–Trinajstić information content (AvgIpc) is 2.94. The summed E-state index contributed by atoms with van der Waals surface area (Å²) in [6, 6.07) is 6.31. The van der Waals surface area contributed by atoms with Crippen molar-refractivity contribution in [2.45, 2.75) is 33.7 Å². The minimum Gasteiger partial charge on any atom is -0.477 e. The van der Waals surface area contributed by atoms with Gasteiger partial charge in [-0.15, -0.1) is 35.3 Å². The monoisotopic (exact) mass is 706 g/mol. The number of fused-ring (bicyclic) bond motifs is 1. The van der Waals surface area contributed by atoms with E-state index in [1.165, 1.54) is 57.1 Å². The molecule has 0 spiro atoms. The van der Waals surface area contributed by atoms with Crippen LogP contribution in [0, 0.1) is 0 Å². The molecule has 3 N–H and O–H groups in total. The Morgan fingerprint density at radius 2 is 1.86 bits per heavy atom. The summed E-state index contributed by atoms with van der Waals surface area (Å²) in [6.45, 7) is 0. The Labute approximate surface area is 270 Å². The number of benzene rings is 1. The zero-order valence-electron chi connectivity index (χ0n) is 22.4. The Morgan fingerprint density at radius 1 is 1.16 bits per heavy atom. The Hall–Kier alpha value is -2.43. The molecule has 2 aliphatic heterocycles. The zero-order valence-corrected chi connectivity index (χ0v) is 27.2. The van der Waals surface area contributed by atoms with Crippen LogP contribution >= 0.6 is 58.5 Å². The van der Waals surface area contributed by atoms with Crippen LogP contribution in [0.2, 0.25) is 10.0 Å². The number of carbonyl (C=O) groups excluding carboxylic acids is 2. The maximum atomic E-state index is 13.0. The SMILES string of the molecule is CS(=O)(=O)CC[C@@H](C(=O)O)[n+]1ccc(SCC2=C(C(=O)O)N3C(=O)[C@H](NC(=O)CSc4cc(Cl)ccc4Cl)[C@H]3SC2)cc1. The van der Waals surface area contributed by atoms with Crippen molar-refractivity contribution in [1.29, 1.82) is 0 Å². The fourth-order valence-corrected chi connectivity index (χ4v) is 8.69. The first-order chi connectivity index (χ1) is 20.2. The van der Waals surface area contributed by atoms with Crippen LogP contribution in [0.3, 0.4) is 0 Å². The summed E-state index contributed by atoms with van der Waals surface area (Å²) in [4.78, 5) is 52.0. The first kappa shape index (κ1) is 33.5. The number of carbonyl (C=O) groups is 4. The maximum Gasteiger partial charge on any atom is 0.373 e. The fraction of sp³-hybridized carbons (Fsp3) is 0.346. The first-order valence-corrected chi connectivity index (χ1v) is 18.4. The van der Waals surface area contributed by atoms with Crippen molar-refractivity contribution < 1.29 is 42.4 Å². The molecule has 1 aromatic carbocycles. The van der Waals surface area contributed by atoms with E-state index in [9.17, 15) is 37.8 Å². The quantitative estimate of drug-likeness (QED) is 0.160. The largest absolute Gasteiger partial charge is 0.477 e. The lowest BCUT2D eigenvalue weighted by Crippen LogP contribution is -2.70. The molecule has 0 radical (unpaired) electrons. The van der Waals surface area contributed by atoms with Gasteiger partial charge in [0.2, 0.25) is 5.91 Å². The summed E-state index contributed by atoms with van der Waals surface area (Å²) in [6.07, 6.45) is 4.03. The predicted octanol–water partition coefficient (Wildman–Crippen LogP) is 2.96. The van der Waals surface area contributed by atoms with E-state index in [4.69, 9.17) is 23.2 Å². The molecule has 0 aliphatic carbocycles. The van der Waals surface area contributed by atoms with Crippen LogP contribution in [0.1, 0.15) is 12.5 Å². The average molecular weight is 708 g/mol. The number of pyridine rings is 1. The molecular weight excluding hydrogens is 681 g/mol. The van der Waals surface area contributed by atoms with Crippen molar-refractivity contribution in [2.75, 3.05) is 29.3 Å². The minimum absolute atomic E-state index is 0.00721. The highest BCUT2D eigenvalue weighted by molar-refractivity contribution is 8.01. The fourth-order valence-electron chi connectivity index (χ4n) is 4.37. The van der Waals surface area contributed by atoms with Crippen LogP contribution < -0.4 is 9.88 Å². The number of β-lactam (4-membered cyclic amide) rings is 1. The summed E-state index contributed by atoms with van der Waals surface area (Å²) in [5, 5.41) is 22.5. The molecule has 230 valence electrons. The number of hydrogen-bond donors (Lipinski definition) is 3. The van der Waals surface area contributed by atoms with Gasteiger partial charge in [-0.1, -0.05) is 23.2 Å². The van der Waals surface area contributed by atoms with E-state index in [2.05, 4.69) is 5.32 Å². The van der Waals surface area contributed by atoms with E-state index in [0.29, 0.717) is 26.3 Å².